The molecule has 1 aliphatic rings. The van der Waals surface area contributed by atoms with E-state index in [0.29, 0.717) is 22.8 Å². The number of rotatable bonds is 10. The third-order valence-corrected chi connectivity index (χ3v) is 5.19. The molecule has 0 saturated carbocycles. The molecule has 0 aromatic heterocycles. The van der Waals surface area contributed by atoms with Gasteiger partial charge in [0.1, 0.15) is 29.5 Å². The Labute approximate surface area is 188 Å². The van der Waals surface area contributed by atoms with Crippen molar-refractivity contribution in [2.75, 3.05) is 48.3 Å². The molecule has 9 heteroatoms. The molecule has 0 amide bonds. The van der Waals surface area contributed by atoms with Gasteiger partial charge in [-0.05, 0) is 19.9 Å². The molecule has 0 bridgehead atoms. The van der Waals surface area contributed by atoms with Gasteiger partial charge in [-0.3, -0.25) is 4.79 Å². The van der Waals surface area contributed by atoms with Gasteiger partial charge in [-0.15, -0.1) is 0 Å². The van der Waals surface area contributed by atoms with E-state index >= 15 is 0 Å². The van der Waals surface area contributed by atoms with E-state index in [1.54, 1.807) is 33.1 Å². The molecule has 0 spiro atoms. The molecule has 0 aliphatic carbocycles. The molecule has 32 heavy (non-hydrogen) atoms. The maximum Gasteiger partial charge on any atom is 0.330 e. The van der Waals surface area contributed by atoms with Crippen LogP contribution >= 0.6 is 0 Å². The maximum atomic E-state index is 12.0. The Bertz CT molecular complexity index is 811. The average Bonchev–Trinajstić information content (AvgIpc) is 2.80. The second-order valence-corrected chi connectivity index (χ2v) is 8.23. The van der Waals surface area contributed by atoms with Gasteiger partial charge in [0.15, 0.2) is 12.1 Å². The van der Waals surface area contributed by atoms with Crippen molar-refractivity contribution >= 4 is 11.8 Å². The Morgan fingerprint density at radius 3 is 2.06 bits per heavy atom. The van der Waals surface area contributed by atoms with Gasteiger partial charge in [0, 0.05) is 30.7 Å². The smallest absolute Gasteiger partial charge is 0.330 e. The summed E-state index contributed by atoms with van der Waals surface area (Å²) in [7, 11) is 6.06. The van der Waals surface area contributed by atoms with Crippen LogP contribution in [0.15, 0.2) is 24.3 Å². The van der Waals surface area contributed by atoms with Crippen LogP contribution in [-0.2, 0) is 28.5 Å². The zero-order chi connectivity index (χ0) is 23.9. The van der Waals surface area contributed by atoms with Crippen LogP contribution in [-0.4, -0.2) is 65.6 Å². The Hall–Kier alpha value is -2.62. The van der Waals surface area contributed by atoms with E-state index in [2.05, 4.69) is 0 Å². The summed E-state index contributed by atoms with van der Waals surface area (Å²) in [4.78, 5) is 24.0. The summed E-state index contributed by atoms with van der Waals surface area (Å²) in [5.41, 5.74) is -0.966. The first-order valence-electron chi connectivity index (χ1n) is 10.1. The zero-order valence-electron chi connectivity index (χ0n) is 19.7. The lowest BCUT2D eigenvalue weighted by molar-refractivity contribution is -0.239. The Morgan fingerprint density at radius 1 is 1.03 bits per heavy atom. The highest BCUT2D eigenvalue weighted by Crippen LogP contribution is 2.43. The molecule has 1 fully saturated rings. The highest BCUT2D eigenvalue weighted by atomic mass is 16.7. The number of benzene rings is 1. The van der Waals surface area contributed by atoms with Crippen molar-refractivity contribution in [3.8, 4) is 17.2 Å². The number of hydrogen-bond donors (Lipinski definition) is 0. The lowest BCUT2D eigenvalue weighted by Crippen LogP contribution is -2.40. The molecule has 0 radical (unpaired) electrons. The van der Waals surface area contributed by atoms with Crippen LogP contribution in [0, 0.1) is 5.41 Å². The van der Waals surface area contributed by atoms with Crippen molar-refractivity contribution in [2.24, 2.45) is 5.41 Å². The summed E-state index contributed by atoms with van der Waals surface area (Å²) in [6.07, 6.45) is 1.52. The van der Waals surface area contributed by atoms with E-state index in [9.17, 15) is 9.59 Å². The Balaban J connectivity index is 1.99. The Morgan fingerprint density at radius 2 is 1.59 bits per heavy atom. The fourth-order valence-corrected chi connectivity index (χ4v) is 2.90. The predicted molar refractivity (Wildman–Crippen MR) is 115 cm³/mol. The number of ether oxygens (including phenoxy) is 7. The minimum Gasteiger partial charge on any atom is -0.496 e. The Kier molecular flexibility index (Phi) is 8.65. The summed E-state index contributed by atoms with van der Waals surface area (Å²) >= 11 is 0. The first-order chi connectivity index (χ1) is 15.1. The molecular weight excluding hydrogens is 420 g/mol. The quantitative estimate of drug-likeness (QED) is 0.392. The van der Waals surface area contributed by atoms with Gasteiger partial charge < -0.3 is 33.2 Å². The number of methoxy groups -OCH3 is 4. The molecule has 178 valence electrons. The minimum atomic E-state index is -1.01. The molecule has 1 aliphatic heterocycles. The van der Waals surface area contributed by atoms with E-state index in [1.165, 1.54) is 21.3 Å². The van der Waals surface area contributed by atoms with Crippen molar-refractivity contribution in [1.82, 2.24) is 0 Å². The number of esters is 1. The van der Waals surface area contributed by atoms with Gasteiger partial charge >= 0.3 is 5.97 Å². The van der Waals surface area contributed by atoms with E-state index < -0.39 is 23.3 Å². The fraction of sp³-hybridized carbons (Fsp3) is 0.565. The van der Waals surface area contributed by atoms with Crippen LogP contribution in [0.2, 0.25) is 0 Å². The SMILES string of the molecule is COc1cc(OC)c(C2OCC(C)(COC(=O)/C=C/C(=O)C(C)(C)OC)CO2)c(OC)c1. The molecule has 1 saturated heterocycles. The second-order valence-electron chi connectivity index (χ2n) is 8.23. The van der Waals surface area contributed by atoms with Crippen molar-refractivity contribution in [3.63, 3.8) is 0 Å². The second kappa shape index (κ2) is 10.8. The largest absolute Gasteiger partial charge is 0.496 e. The minimum absolute atomic E-state index is 0.0572. The van der Waals surface area contributed by atoms with E-state index in [1.807, 2.05) is 6.92 Å². The van der Waals surface area contributed by atoms with Crippen molar-refractivity contribution < 1.29 is 42.7 Å². The maximum absolute atomic E-state index is 12.0. The highest BCUT2D eigenvalue weighted by Gasteiger charge is 2.37. The van der Waals surface area contributed by atoms with Crippen LogP contribution < -0.4 is 14.2 Å². The first-order valence-corrected chi connectivity index (χ1v) is 10.1. The van der Waals surface area contributed by atoms with Crippen LogP contribution in [0.25, 0.3) is 0 Å². The topological polar surface area (TPSA) is 98.8 Å². The normalized spacial score (nSPS) is 21.3. The molecule has 0 atom stereocenters. The molecule has 0 N–H and O–H groups in total. The standard InChI is InChI=1S/C23H32O9/c1-22(2,29-7)18(24)8-9-19(25)30-12-23(3)13-31-21(32-14-23)20-16(27-5)10-15(26-4)11-17(20)28-6/h8-11,21H,12-14H2,1-7H3/b9-8+. The van der Waals surface area contributed by atoms with Gasteiger partial charge in [-0.2, -0.15) is 0 Å². The van der Waals surface area contributed by atoms with E-state index in [0.717, 1.165) is 12.2 Å². The van der Waals surface area contributed by atoms with Crippen molar-refractivity contribution in [3.05, 3.63) is 29.8 Å². The van der Waals surface area contributed by atoms with Gasteiger partial charge in [0.05, 0.1) is 40.1 Å². The van der Waals surface area contributed by atoms with Crippen LogP contribution in [0.5, 0.6) is 17.2 Å². The number of ketones is 1. The van der Waals surface area contributed by atoms with Gasteiger partial charge in [0.25, 0.3) is 0 Å². The summed E-state index contributed by atoms with van der Waals surface area (Å²) in [6, 6.07) is 3.44. The summed E-state index contributed by atoms with van der Waals surface area (Å²) < 4.78 is 38.4. The average molecular weight is 453 g/mol. The highest BCUT2D eigenvalue weighted by molar-refractivity contribution is 6.00. The molecule has 1 heterocycles. The van der Waals surface area contributed by atoms with Gasteiger partial charge in [0.2, 0.25) is 0 Å². The molecule has 0 unspecified atom stereocenters. The van der Waals surface area contributed by atoms with Crippen LogP contribution in [0.3, 0.4) is 0 Å². The third-order valence-electron chi connectivity index (χ3n) is 5.19. The van der Waals surface area contributed by atoms with E-state index in [4.69, 9.17) is 33.2 Å². The van der Waals surface area contributed by atoms with Crippen molar-refractivity contribution in [2.45, 2.75) is 32.7 Å². The van der Waals surface area contributed by atoms with Gasteiger partial charge in [-0.25, -0.2) is 4.79 Å². The van der Waals surface area contributed by atoms with E-state index in [-0.39, 0.29) is 25.6 Å². The molecule has 1 aromatic rings. The number of carbonyl (C=O) groups excluding carboxylic acids is 2. The van der Waals surface area contributed by atoms with Gasteiger partial charge in [-0.1, -0.05) is 6.92 Å². The number of carbonyl (C=O) groups is 2. The first kappa shape index (κ1) is 25.6. The van der Waals surface area contributed by atoms with Crippen molar-refractivity contribution in [1.29, 1.82) is 0 Å². The summed E-state index contributed by atoms with van der Waals surface area (Å²) in [6.45, 7) is 5.70. The van der Waals surface area contributed by atoms with Crippen LogP contribution in [0.1, 0.15) is 32.6 Å². The predicted octanol–water partition coefficient (Wildman–Crippen LogP) is 2.86. The summed E-state index contributed by atoms with van der Waals surface area (Å²) in [5, 5.41) is 0. The lowest BCUT2D eigenvalue weighted by Gasteiger charge is -2.37. The monoisotopic (exact) mass is 452 g/mol. The molecule has 2 rings (SSSR count). The third kappa shape index (κ3) is 6.21. The molecule has 9 nitrogen and oxygen atoms in total. The molecular formula is C23H32O9. The fourth-order valence-electron chi connectivity index (χ4n) is 2.90. The number of hydrogen-bond acceptors (Lipinski definition) is 9. The molecule has 1 aromatic carbocycles. The lowest BCUT2D eigenvalue weighted by atomic mass is 9.93. The zero-order valence-corrected chi connectivity index (χ0v) is 19.7. The summed E-state index contributed by atoms with van der Waals surface area (Å²) in [5.74, 6) is 0.630. The van der Waals surface area contributed by atoms with Crippen LogP contribution in [0.4, 0.5) is 0 Å².